The van der Waals surface area contributed by atoms with E-state index in [0.717, 1.165) is 11.6 Å². The highest BCUT2D eigenvalue weighted by atomic mass is 32.2. The van der Waals surface area contributed by atoms with E-state index in [0.29, 0.717) is 18.3 Å². The first kappa shape index (κ1) is 12.2. The Kier molecular flexibility index (Phi) is 4.19. The van der Waals surface area contributed by atoms with E-state index in [1.54, 1.807) is 12.4 Å². The average molecular weight is 252 g/mol. The summed E-state index contributed by atoms with van der Waals surface area (Å²) in [5, 5.41) is 11.6. The number of aromatic nitrogens is 3. The minimum absolute atomic E-state index is 0.0298. The van der Waals surface area contributed by atoms with Crippen molar-refractivity contribution in [2.45, 2.75) is 30.5 Å². The Morgan fingerprint density at radius 1 is 1.71 bits per heavy atom. The third-order valence-corrected chi connectivity index (χ3v) is 3.44. The first-order valence-corrected chi connectivity index (χ1v) is 6.69. The van der Waals surface area contributed by atoms with Gasteiger partial charge in [-0.3, -0.25) is 4.79 Å². The molecule has 5 nitrogen and oxygen atoms in total. The van der Waals surface area contributed by atoms with Gasteiger partial charge >= 0.3 is 0 Å². The van der Waals surface area contributed by atoms with Gasteiger partial charge in [-0.05, 0) is 19.3 Å². The first-order valence-electron chi connectivity index (χ1n) is 5.71. The molecule has 0 aromatic carbocycles. The topological polar surface area (TPSA) is 59.8 Å². The number of carbonyl (C=O) groups is 1. The van der Waals surface area contributed by atoms with Gasteiger partial charge in [0.1, 0.15) is 6.33 Å². The summed E-state index contributed by atoms with van der Waals surface area (Å²) in [4.78, 5) is 11.5. The third kappa shape index (κ3) is 3.59. The van der Waals surface area contributed by atoms with E-state index in [1.807, 2.05) is 0 Å². The SMILES string of the molecule is C=CCCNC(=O)CSc1nncn1C1CC1. The smallest absolute Gasteiger partial charge is 0.230 e. The monoisotopic (exact) mass is 252 g/mol. The first-order chi connectivity index (χ1) is 8.31. The quantitative estimate of drug-likeness (QED) is 0.453. The van der Waals surface area contributed by atoms with Crippen molar-refractivity contribution >= 4 is 17.7 Å². The number of amides is 1. The van der Waals surface area contributed by atoms with Crippen LogP contribution >= 0.6 is 11.8 Å². The van der Waals surface area contributed by atoms with Crippen LogP contribution < -0.4 is 5.32 Å². The van der Waals surface area contributed by atoms with E-state index in [-0.39, 0.29) is 5.91 Å². The average Bonchev–Trinajstić information content (AvgIpc) is 3.06. The highest BCUT2D eigenvalue weighted by molar-refractivity contribution is 7.99. The summed E-state index contributed by atoms with van der Waals surface area (Å²) in [6.45, 7) is 4.25. The van der Waals surface area contributed by atoms with Crippen molar-refractivity contribution in [3.63, 3.8) is 0 Å². The van der Waals surface area contributed by atoms with Gasteiger partial charge in [-0.1, -0.05) is 17.8 Å². The number of nitrogens with zero attached hydrogens (tertiary/aromatic N) is 3. The van der Waals surface area contributed by atoms with Gasteiger partial charge in [0.2, 0.25) is 5.91 Å². The molecule has 1 aliphatic rings. The summed E-state index contributed by atoms with van der Waals surface area (Å²) >= 11 is 1.44. The minimum Gasteiger partial charge on any atom is -0.355 e. The summed E-state index contributed by atoms with van der Waals surface area (Å²) in [5.41, 5.74) is 0. The predicted molar refractivity (Wildman–Crippen MR) is 66.8 cm³/mol. The molecule has 1 fully saturated rings. The molecule has 1 heterocycles. The molecule has 92 valence electrons. The standard InChI is InChI=1S/C11H16N4OS/c1-2-3-6-12-10(16)7-17-11-14-13-8-15(11)9-4-5-9/h2,8-9H,1,3-7H2,(H,12,16). The van der Waals surface area contributed by atoms with Crippen LogP contribution in [0.25, 0.3) is 0 Å². The number of hydrogen-bond donors (Lipinski definition) is 1. The molecule has 0 saturated heterocycles. The van der Waals surface area contributed by atoms with Crippen molar-refractivity contribution in [2.75, 3.05) is 12.3 Å². The number of hydrogen-bond acceptors (Lipinski definition) is 4. The van der Waals surface area contributed by atoms with Crippen molar-refractivity contribution in [3.8, 4) is 0 Å². The van der Waals surface area contributed by atoms with E-state index in [4.69, 9.17) is 0 Å². The molecule has 17 heavy (non-hydrogen) atoms. The molecule has 0 bridgehead atoms. The van der Waals surface area contributed by atoms with Crippen molar-refractivity contribution in [3.05, 3.63) is 19.0 Å². The fraction of sp³-hybridized carbons (Fsp3) is 0.545. The van der Waals surface area contributed by atoms with E-state index >= 15 is 0 Å². The van der Waals surface area contributed by atoms with E-state index in [1.165, 1.54) is 24.6 Å². The summed E-state index contributed by atoms with van der Waals surface area (Å²) < 4.78 is 2.06. The summed E-state index contributed by atoms with van der Waals surface area (Å²) in [6, 6.07) is 0.552. The molecule has 0 unspecified atom stereocenters. The van der Waals surface area contributed by atoms with Gasteiger partial charge in [0.25, 0.3) is 0 Å². The van der Waals surface area contributed by atoms with Crippen molar-refractivity contribution in [2.24, 2.45) is 0 Å². The maximum atomic E-state index is 11.5. The van der Waals surface area contributed by atoms with Gasteiger partial charge in [-0.25, -0.2) is 0 Å². The maximum absolute atomic E-state index is 11.5. The van der Waals surface area contributed by atoms with Crippen LogP contribution in [0.3, 0.4) is 0 Å². The Morgan fingerprint density at radius 2 is 2.53 bits per heavy atom. The summed E-state index contributed by atoms with van der Waals surface area (Å²) in [5.74, 6) is 0.421. The zero-order valence-corrected chi connectivity index (χ0v) is 10.4. The second kappa shape index (κ2) is 5.86. The van der Waals surface area contributed by atoms with Crippen molar-refractivity contribution < 1.29 is 4.79 Å². The van der Waals surface area contributed by atoms with Gasteiger partial charge in [-0.2, -0.15) is 0 Å². The second-order valence-electron chi connectivity index (χ2n) is 3.97. The van der Waals surface area contributed by atoms with Crippen LogP contribution in [0.4, 0.5) is 0 Å². The molecule has 1 aromatic heterocycles. The molecule has 2 rings (SSSR count). The number of nitrogens with one attached hydrogen (secondary N) is 1. The number of carbonyl (C=O) groups excluding carboxylic acids is 1. The van der Waals surface area contributed by atoms with Crippen LogP contribution in [0.5, 0.6) is 0 Å². The maximum Gasteiger partial charge on any atom is 0.230 e. The Balaban J connectivity index is 1.75. The zero-order chi connectivity index (χ0) is 12.1. The molecule has 0 radical (unpaired) electrons. The van der Waals surface area contributed by atoms with E-state index < -0.39 is 0 Å². The fourth-order valence-electron chi connectivity index (χ4n) is 1.43. The fourth-order valence-corrected chi connectivity index (χ4v) is 2.25. The van der Waals surface area contributed by atoms with Crippen molar-refractivity contribution in [1.29, 1.82) is 0 Å². The van der Waals surface area contributed by atoms with Gasteiger partial charge in [0.05, 0.1) is 5.75 Å². The van der Waals surface area contributed by atoms with Crippen LogP contribution in [0, 0.1) is 0 Å². The largest absolute Gasteiger partial charge is 0.355 e. The Morgan fingerprint density at radius 3 is 3.24 bits per heavy atom. The lowest BCUT2D eigenvalue weighted by atomic mass is 10.4. The summed E-state index contributed by atoms with van der Waals surface area (Å²) in [7, 11) is 0. The predicted octanol–water partition coefficient (Wildman–Crippen LogP) is 1.40. The molecule has 1 N–H and O–H groups in total. The highest BCUT2D eigenvalue weighted by Crippen LogP contribution is 2.37. The molecule has 1 saturated carbocycles. The molecule has 1 aliphatic carbocycles. The molecule has 6 heteroatoms. The van der Waals surface area contributed by atoms with Gasteiger partial charge in [0, 0.05) is 12.6 Å². The molecule has 1 amide bonds. The van der Waals surface area contributed by atoms with Gasteiger partial charge < -0.3 is 9.88 Å². The Hall–Kier alpha value is -1.30. The van der Waals surface area contributed by atoms with E-state index in [2.05, 4.69) is 26.7 Å². The van der Waals surface area contributed by atoms with Crippen LogP contribution in [0.15, 0.2) is 24.1 Å². The minimum atomic E-state index is 0.0298. The highest BCUT2D eigenvalue weighted by Gasteiger charge is 2.26. The van der Waals surface area contributed by atoms with Gasteiger partial charge in [-0.15, -0.1) is 16.8 Å². The third-order valence-electron chi connectivity index (χ3n) is 2.48. The lowest BCUT2D eigenvalue weighted by Crippen LogP contribution is -2.25. The van der Waals surface area contributed by atoms with E-state index in [9.17, 15) is 4.79 Å². The van der Waals surface area contributed by atoms with Crippen LogP contribution in [-0.4, -0.2) is 33.0 Å². The normalized spacial score (nSPS) is 14.6. The van der Waals surface area contributed by atoms with Crippen LogP contribution in [0.2, 0.25) is 0 Å². The summed E-state index contributed by atoms with van der Waals surface area (Å²) in [6.07, 6.45) is 6.72. The van der Waals surface area contributed by atoms with Crippen LogP contribution in [-0.2, 0) is 4.79 Å². The van der Waals surface area contributed by atoms with Crippen LogP contribution in [0.1, 0.15) is 25.3 Å². The lowest BCUT2D eigenvalue weighted by Gasteiger charge is -2.04. The molecule has 0 aliphatic heterocycles. The van der Waals surface area contributed by atoms with Crippen molar-refractivity contribution in [1.82, 2.24) is 20.1 Å². The molecule has 1 aromatic rings. The molecule has 0 atom stereocenters. The number of thioether (sulfide) groups is 1. The van der Waals surface area contributed by atoms with Gasteiger partial charge in [0.15, 0.2) is 5.16 Å². The Bertz CT molecular complexity index is 400. The molecule has 0 spiro atoms. The second-order valence-corrected chi connectivity index (χ2v) is 4.91. The lowest BCUT2D eigenvalue weighted by molar-refractivity contribution is -0.118. The molecular weight excluding hydrogens is 236 g/mol. The number of rotatable bonds is 7. The Labute approximate surface area is 105 Å². The molecular formula is C11H16N4OS. The zero-order valence-electron chi connectivity index (χ0n) is 9.63.